The maximum atomic E-state index is 12.3. The van der Waals surface area contributed by atoms with E-state index in [1.807, 2.05) is 49.4 Å². The maximum Gasteiger partial charge on any atom is 0.262 e. The number of benzene rings is 3. The Kier molecular flexibility index (Phi) is 5.86. The van der Waals surface area contributed by atoms with Crippen molar-refractivity contribution in [1.29, 1.82) is 0 Å². The molecule has 0 bridgehead atoms. The van der Waals surface area contributed by atoms with Crippen molar-refractivity contribution in [2.45, 2.75) is 6.92 Å². The third kappa shape index (κ3) is 4.17. The number of aryl methyl sites for hydroxylation is 1. The van der Waals surface area contributed by atoms with Crippen molar-refractivity contribution >= 4 is 38.3 Å². The van der Waals surface area contributed by atoms with Crippen LogP contribution >= 0.6 is 15.9 Å². The Balaban J connectivity index is 1.71. The highest BCUT2D eigenvalue weighted by Crippen LogP contribution is 2.34. The summed E-state index contributed by atoms with van der Waals surface area (Å²) < 4.78 is 17.1. The van der Waals surface area contributed by atoms with Crippen LogP contribution in [0.25, 0.3) is 10.8 Å². The van der Waals surface area contributed by atoms with E-state index < -0.39 is 0 Å². The monoisotopic (exact) mass is 429 g/mol. The number of hydrogen-bond acceptors (Lipinski definition) is 4. The fourth-order valence-corrected chi connectivity index (χ4v) is 3.38. The molecule has 1 N–H and O–H groups in total. The molecule has 3 rings (SSSR count). The lowest BCUT2D eigenvalue weighted by Gasteiger charge is -2.14. The second-order valence-corrected chi connectivity index (χ2v) is 6.75. The highest BCUT2D eigenvalue weighted by Gasteiger charge is 2.13. The number of hydrogen-bond donors (Lipinski definition) is 1. The molecule has 0 saturated carbocycles. The number of ether oxygens (including phenoxy) is 3. The van der Waals surface area contributed by atoms with Gasteiger partial charge in [-0.15, -0.1) is 0 Å². The van der Waals surface area contributed by atoms with E-state index in [4.69, 9.17) is 14.2 Å². The molecule has 3 aromatic carbocycles. The van der Waals surface area contributed by atoms with E-state index in [-0.39, 0.29) is 12.5 Å². The van der Waals surface area contributed by atoms with Gasteiger partial charge >= 0.3 is 0 Å². The smallest absolute Gasteiger partial charge is 0.262 e. The van der Waals surface area contributed by atoms with Gasteiger partial charge in [-0.25, -0.2) is 0 Å². The van der Waals surface area contributed by atoms with Gasteiger partial charge in [0.2, 0.25) is 0 Å². The summed E-state index contributed by atoms with van der Waals surface area (Å²) in [4.78, 5) is 12.3. The summed E-state index contributed by atoms with van der Waals surface area (Å²) in [7, 11) is 3.13. The standard InChI is InChI=1S/C21H20BrNO4/c1-13-10-18(25-2)19(26-3)11-16(13)23-20(24)12-27-17-9-8-14-6-4-5-7-15(14)21(17)22/h4-11H,12H2,1-3H3,(H,23,24). The number of anilines is 1. The lowest BCUT2D eigenvalue weighted by atomic mass is 10.1. The molecule has 1 amide bonds. The van der Waals surface area contributed by atoms with Crippen molar-refractivity contribution in [2.24, 2.45) is 0 Å². The number of fused-ring (bicyclic) bond motifs is 1. The van der Waals surface area contributed by atoms with Gasteiger partial charge in [0.15, 0.2) is 18.1 Å². The van der Waals surface area contributed by atoms with Crippen molar-refractivity contribution in [3.63, 3.8) is 0 Å². The van der Waals surface area contributed by atoms with Crippen molar-refractivity contribution in [3.05, 3.63) is 58.6 Å². The van der Waals surface area contributed by atoms with E-state index in [1.165, 1.54) is 0 Å². The molecule has 0 radical (unpaired) electrons. The minimum atomic E-state index is -0.259. The first-order chi connectivity index (χ1) is 13.0. The van der Waals surface area contributed by atoms with Gasteiger partial charge in [-0.2, -0.15) is 0 Å². The number of rotatable bonds is 6. The van der Waals surface area contributed by atoms with Crippen molar-refractivity contribution in [1.82, 2.24) is 0 Å². The van der Waals surface area contributed by atoms with E-state index >= 15 is 0 Å². The first kappa shape index (κ1) is 19.0. The molecule has 0 heterocycles. The zero-order valence-corrected chi connectivity index (χ0v) is 16.9. The highest BCUT2D eigenvalue weighted by molar-refractivity contribution is 9.10. The van der Waals surface area contributed by atoms with Gasteiger partial charge in [-0.1, -0.05) is 30.3 Å². The molecule has 0 fully saturated rings. The summed E-state index contributed by atoms with van der Waals surface area (Å²) >= 11 is 3.56. The van der Waals surface area contributed by atoms with E-state index in [2.05, 4.69) is 21.2 Å². The topological polar surface area (TPSA) is 56.8 Å². The number of halogens is 1. The van der Waals surface area contributed by atoms with Gasteiger partial charge in [0.1, 0.15) is 5.75 Å². The molecule has 0 aliphatic rings. The van der Waals surface area contributed by atoms with Crippen LogP contribution in [-0.4, -0.2) is 26.7 Å². The van der Waals surface area contributed by atoms with Crippen molar-refractivity contribution in [3.8, 4) is 17.2 Å². The Morgan fingerprint density at radius 3 is 2.44 bits per heavy atom. The first-order valence-corrected chi connectivity index (χ1v) is 9.15. The molecule has 6 heteroatoms. The van der Waals surface area contributed by atoms with Gasteiger partial charge in [-0.3, -0.25) is 4.79 Å². The second kappa shape index (κ2) is 8.31. The summed E-state index contributed by atoms with van der Waals surface area (Å²) in [6, 6.07) is 15.3. The van der Waals surface area contributed by atoms with Crippen LogP contribution in [0.2, 0.25) is 0 Å². The van der Waals surface area contributed by atoms with Crippen LogP contribution < -0.4 is 19.5 Å². The minimum absolute atomic E-state index is 0.106. The zero-order chi connectivity index (χ0) is 19.4. The van der Waals surface area contributed by atoms with Crippen LogP contribution in [0.1, 0.15) is 5.56 Å². The summed E-state index contributed by atoms with van der Waals surface area (Å²) in [6.07, 6.45) is 0. The molecule has 0 spiro atoms. The minimum Gasteiger partial charge on any atom is -0.493 e. The van der Waals surface area contributed by atoms with Crippen molar-refractivity contribution < 1.29 is 19.0 Å². The van der Waals surface area contributed by atoms with E-state index in [9.17, 15) is 4.79 Å². The van der Waals surface area contributed by atoms with E-state index in [1.54, 1.807) is 20.3 Å². The van der Waals surface area contributed by atoms with Crippen LogP contribution in [-0.2, 0) is 4.79 Å². The van der Waals surface area contributed by atoms with E-state index in [0.717, 1.165) is 20.8 Å². The predicted molar refractivity (Wildman–Crippen MR) is 110 cm³/mol. The van der Waals surface area contributed by atoms with Gasteiger partial charge < -0.3 is 19.5 Å². The van der Waals surface area contributed by atoms with Gasteiger partial charge in [-0.05, 0) is 51.3 Å². The molecule has 0 aromatic heterocycles. The van der Waals surface area contributed by atoms with Gasteiger partial charge in [0, 0.05) is 11.8 Å². The molecule has 27 heavy (non-hydrogen) atoms. The Labute approximate surface area is 166 Å². The lowest BCUT2D eigenvalue weighted by Crippen LogP contribution is -2.20. The predicted octanol–water partition coefficient (Wildman–Crippen LogP) is 4.95. The largest absolute Gasteiger partial charge is 0.493 e. The first-order valence-electron chi connectivity index (χ1n) is 8.36. The fraction of sp³-hybridized carbons (Fsp3) is 0.190. The molecular formula is C21H20BrNO4. The molecule has 0 saturated heterocycles. The molecule has 0 aliphatic carbocycles. The van der Waals surface area contributed by atoms with Gasteiger partial charge in [0.05, 0.1) is 18.7 Å². The zero-order valence-electron chi connectivity index (χ0n) is 15.3. The number of carbonyl (C=O) groups is 1. The molecule has 0 atom stereocenters. The van der Waals surface area contributed by atoms with Crippen LogP contribution in [0.3, 0.4) is 0 Å². The fourth-order valence-electron chi connectivity index (χ4n) is 2.77. The molecular weight excluding hydrogens is 410 g/mol. The van der Waals surface area contributed by atoms with Crippen LogP contribution in [0, 0.1) is 6.92 Å². The van der Waals surface area contributed by atoms with Crippen LogP contribution in [0.15, 0.2) is 53.0 Å². The molecule has 3 aromatic rings. The average Bonchev–Trinajstić information content (AvgIpc) is 2.69. The van der Waals surface area contributed by atoms with Crippen LogP contribution in [0.4, 0.5) is 5.69 Å². The Bertz CT molecular complexity index is 987. The molecule has 0 aliphatic heterocycles. The summed E-state index contributed by atoms with van der Waals surface area (Å²) in [5, 5.41) is 4.98. The summed E-state index contributed by atoms with van der Waals surface area (Å²) in [5.41, 5.74) is 1.52. The van der Waals surface area contributed by atoms with Gasteiger partial charge in [0.25, 0.3) is 5.91 Å². The average molecular weight is 430 g/mol. The van der Waals surface area contributed by atoms with Crippen LogP contribution in [0.5, 0.6) is 17.2 Å². The third-order valence-electron chi connectivity index (χ3n) is 4.19. The van der Waals surface area contributed by atoms with E-state index in [0.29, 0.717) is 22.9 Å². The summed E-state index contributed by atoms with van der Waals surface area (Å²) in [5.74, 6) is 1.53. The number of nitrogens with one attached hydrogen (secondary N) is 1. The lowest BCUT2D eigenvalue weighted by molar-refractivity contribution is -0.118. The molecule has 140 valence electrons. The Morgan fingerprint density at radius 2 is 1.70 bits per heavy atom. The number of amides is 1. The molecule has 0 unspecified atom stereocenters. The summed E-state index contributed by atoms with van der Waals surface area (Å²) in [6.45, 7) is 1.78. The number of methoxy groups -OCH3 is 2. The Hall–Kier alpha value is -2.73. The second-order valence-electron chi connectivity index (χ2n) is 5.96. The quantitative estimate of drug-likeness (QED) is 0.602. The SMILES string of the molecule is COc1cc(C)c(NC(=O)COc2ccc3ccccc3c2Br)cc1OC. The normalized spacial score (nSPS) is 10.5. The number of carbonyl (C=O) groups excluding carboxylic acids is 1. The Morgan fingerprint density at radius 1 is 1.00 bits per heavy atom. The highest BCUT2D eigenvalue weighted by atomic mass is 79.9. The molecule has 5 nitrogen and oxygen atoms in total. The maximum absolute atomic E-state index is 12.3. The van der Waals surface area contributed by atoms with Crippen molar-refractivity contribution in [2.75, 3.05) is 26.1 Å². The third-order valence-corrected chi connectivity index (χ3v) is 5.01.